The van der Waals surface area contributed by atoms with Crippen molar-refractivity contribution in [2.24, 2.45) is 0 Å². The number of H-pyrrole nitrogens is 1. The summed E-state index contributed by atoms with van der Waals surface area (Å²) in [7, 11) is 0. The zero-order valence-corrected chi connectivity index (χ0v) is 7.48. The lowest BCUT2D eigenvalue weighted by Crippen LogP contribution is -2.05. The molecule has 15 heavy (non-hydrogen) atoms. The van der Waals surface area contributed by atoms with Gasteiger partial charge in [0, 0.05) is 11.8 Å². The largest absolute Gasteiger partial charge is 0.383 e. The molecule has 0 saturated carbocycles. The lowest BCUT2D eigenvalue weighted by atomic mass is 10.1. The van der Waals surface area contributed by atoms with Crippen LogP contribution in [0.4, 0.5) is 8.78 Å². The molecule has 0 radical (unpaired) electrons. The maximum absolute atomic E-state index is 13.2. The summed E-state index contributed by atoms with van der Waals surface area (Å²) in [6, 6.07) is 0. The van der Waals surface area contributed by atoms with E-state index >= 15 is 0 Å². The Kier molecular flexibility index (Phi) is 2.42. The Morgan fingerprint density at radius 3 is 2.40 bits per heavy atom. The van der Waals surface area contributed by atoms with Gasteiger partial charge in [-0.15, -0.1) is 0 Å². The van der Waals surface area contributed by atoms with Crippen LogP contribution in [0, 0.1) is 11.6 Å². The zero-order chi connectivity index (χ0) is 10.8. The van der Waals surface area contributed by atoms with E-state index in [1.54, 1.807) is 0 Å². The molecule has 2 heterocycles. The highest BCUT2D eigenvalue weighted by molar-refractivity contribution is 5.27. The van der Waals surface area contributed by atoms with Crippen LogP contribution in [0.1, 0.15) is 17.2 Å². The van der Waals surface area contributed by atoms with Crippen molar-refractivity contribution in [3.63, 3.8) is 0 Å². The molecule has 0 aliphatic carbocycles. The van der Waals surface area contributed by atoms with E-state index < -0.39 is 23.3 Å². The molecule has 4 nitrogen and oxygen atoms in total. The monoisotopic (exact) mass is 211 g/mol. The molecule has 0 aromatic carbocycles. The number of rotatable bonds is 2. The number of nitrogens with one attached hydrogen (secondary N) is 1. The highest BCUT2D eigenvalue weighted by Gasteiger charge is 2.20. The van der Waals surface area contributed by atoms with Crippen molar-refractivity contribution < 1.29 is 13.9 Å². The highest BCUT2D eigenvalue weighted by atomic mass is 19.1. The number of nitrogens with zero attached hydrogens (tertiary/aromatic N) is 2. The molecule has 1 unspecified atom stereocenters. The first-order valence-electron chi connectivity index (χ1n) is 4.16. The fourth-order valence-electron chi connectivity index (χ4n) is 1.26. The van der Waals surface area contributed by atoms with Crippen molar-refractivity contribution in [2.75, 3.05) is 0 Å². The number of aromatic amines is 1. The topological polar surface area (TPSA) is 61.8 Å². The number of hydrogen-bond donors (Lipinski definition) is 2. The number of hydrogen-bond acceptors (Lipinski definition) is 3. The predicted octanol–water partition coefficient (Wildman–Crippen LogP) is 1.16. The molecule has 78 valence electrons. The Morgan fingerprint density at radius 2 is 1.87 bits per heavy atom. The molecule has 0 aliphatic rings. The normalized spacial score (nSPS) is 12.7. The minimum Gasteiger partial charge on any atom is -0.383 e. The van der Waals surface area contributed by atoms with Crippen LogP contribution in [-0.2, 0) is 0 Å². The lowest BCUT2D eigenvalue weighted by molar-refractivity contribution is 0.208. The summed E-state index contributed by atoms with van der Waals surface area (Å²) in [5, 5.41) is 15.7. The standard InChI is InChI=1S/C9H7F2N3O/c10-6-3-12-4-7(11)8(6)9(15)5-1-13-14-2-5/h1-4,9,15H,(H,13,14). The van der Waals surface area contributed by atoms with Gasteiger partial charge in [-0.3, -0.25) is 10.1 Å². The van der Waals surface area contributed by atoms with Crippen molar-refractivity contribution in [2.45, 2.75) is 6.10 Å². The van der Waals surface area contributed by atoms with Gasteiger partial charge < -0.3 is 5.11 Å². The van der Waals surface area contributed by atoms with Gasteiger partial charge in [-0.1, -0.05) is 0 Å². The molecule has 0 amide bonds. The summed E-state index contributed by atoms with van der Waals surface area (Å²) in [6.07, 6.45) is 2.98. The first kappa shape index (κ1) is 9.72. The Labute approximate surface area is 83.6 Å². The van der Waals surface area contributed by atoms with Gasteiger partial charge >= 0.3 is 0 Å². The van der Waals surface area contributed by atoms with Gasteiger partial charge in [0.25, 0.3) is 0 Å². The van der Waals surface area contributed by atoms with Crippen molar-refractivity contribution in [1.82, 2.24) is 15.2 Å². The second-order valence-electron chi connectivity index (χ2n) is 2.95. The molecule has 2 aromatic heterocycles. The second-order valence-corrected chi connectivity index (χ2v) is 2.95. The third kappa shape index (κ3) is 1.71. The predicted molar refractivity (Wildman–Crippen MR) is 46.8 cm³/mol. The molecule has 1 atom stereocenters. The van der Waals surface area contributed by atoms with Gasteiger partial charge in [0.2, 0.25) is 0 Å². The van der Waals surface area contributed by atoms with E-state index in [4.69, 9.17) is 0 Å². The smallest absolute Gasteiger partial charge is 0.150 e. The summed E-state index contributed by atoms with van der Waals surface area (Å²) >= 11 is 0. The Balaban J connectivity index is 2.46. The summed E-state index contributed by atoms with van der Waals surface area (Å²) in [5.74, 6) is -1.77. The third-order valence-electron chi connectivity index (χ3n) is 2.00. The fraction of sp³-hybridized carbons (Fsp3) is 0.111. The van der Waals surface area contributed by atoms with Crippen LogP contribution in [-0.4, -0.2) is 20.3 Å². The molecule has 0 fully saturated rings. The lowest BCUT2D eigenvalue weighted by Gasteiger charge is -2.09. The van der Waals surface area contributed by atoms with Crippen LogP contribution in [0.5, 0.6) is 0 Å². The minimum absolute atomic E-state index is 0.291. The molecular weight excluding hydrogens is 204 g/mol. The maximum atomic E-state index is 13.2. The first-order valence-corrected chi connectivity index (χ1v) is 4.16. The number of halogens is 2. The van der Waals surface area contributed by atoms with E-state index in [0.717, 1.165) is 12.4 Å². The van der Waals surface area contributed by atoms with E-state index in [2.05, 4.69) is 15.2 Å². The Morgan fingerprint density at radius 1 is 1.20 bits per heavy atom. The van der Waals surface area contributed by atoms with E-state index in [1.807, 2.05) is 0 Å². The van der Waals surface area contributed by atoms with Gasteiger partial charge in [-0.2, -0.15) is 5.10 Å². The van der Waals surface area contributed by atoms with Crippen LogP contribution in [0.2, 0.25) is 0 Å². The maximum Gasteiger partial charge on any atom is 0.150 e. The molecular formula is C9H7F2N3O. The third-order valence-corrected chi connectivity index (χ3v) is 2.00. The molecule has 2 N–H and O–H groups in total. The number of aliphatic hydroxyl groups excluding tert-OH is 1. The van der Waals surface area contributed by atoms with E-state index in [0.29, 0.717) is 5.56 Å². The fourth-order valence-corrected chi connectivity index (χ4v) is 1.26. The average Bonchev–Trinajstić information content (AvgIpc) is 2.69. The molecule has 2 aromatic rings. The van der Waals surface area contributed by atoms with Crippen LogP contribution >= 0.6 is 0 Å². The number of aliphatic hydroxyl groups is 1. The molecule has 0 spiro atoms. The number of pyridine rings is 1. The SMILES string of the molecule is OC(c1cn[nH]c1)c1c(F)cncc1F. The van der Waals surface area contributed by atoms with E-state index in [9.17, 15) is 13.9 Å². The highest BCUT2D eigenvalue weighted by Crippen LogP contribution is 2.24. The average molecular weight is 211 g/mol. The molecule has 6 heteroatoms. The van der Waals surface area contributed by atoms with Gasteiger partial charge in [0.05, 0.1) is 24.2 Å². The number of aromatic nitrogens is 3. The molecule has 0 saturated heterocycles. The molecule has 0 aliphatic heterocycles. The minimum atomic E-state index is -1.38. The van der Waals surface area contributed by atoms with Crippen LogP contribution in [0.3, 0.4) is 0 Å². The first-order chi connectivity index (χ1) is 7.20. The van der Waals surface area contributed by atoms with Crippen LogP contribution in [0.25, 0.3) is 0 Å². The van der Waals surface area contributed by atoms with Gasteiger partial charge in [-0.25, -0.2) is 8.78 Å². The van der Waals surface area contributed by atoms with Crippen molar-refractivity contribution in [1.29, 1.82) is 0 Å². The Bertz CT molecular complexity index is 438. The van der Waals surface area contributed by atoms with Crippen LogP contribution < -0.4 is 0 Å². The summed E-state index contributed by atoms with van der Waals surface area (Å²) < 4.78 is 26.4. The van der Waals surface area contributed by atoms with E-state index in [-0.39, 0.29) is 0 Å². The van der Waals surface area contributed by atoms with Gasteiger partial charge in [0.1, 0.15) is 6.10 Å². The summed E-state index contributed by atoms with van der Waals surface area (Å²) in [5.41, 5.74) is -0.134. The summed E-state index contributed by atoms with van der Waals surface area (Å²) in [6.45, 7) is 0. The zero-order valence-electron chi connectivity index (χ0n) is 7.48. The second kappa shape index (κ2) is 3.74. The van der Waals surface area contributed by atoms with E-state index in [1.165, 1.54) is 12.4 Å². The van der Waals surface area contributed by atoms with Gasteiger partial charge in [0.15, 0.2) is 11.6 Å². The molecule has 2 rings (SSSR count). The Hall–Kier alpha value is -1.82. The van der Waals surface area contributed by atoms with Crippen molar-refractivity contribution in [3.8, 4) is 0 Å². The van der Waals surface area contributed by atoms with Crippen molar-refractivity contribution in [3.05, 3.63) is 47.5 Å². The molecule has 0 bridgehead atoms. The summed E-state index contributed by atoms with van der Waals surface area (Å²) in [4.78, 5) is 3.32. The van der Waals surface area contributed by atoms with Gasteiger partial charge in [-0.05, 0) is 0 Å². The quantitative estimate of drug-likeness (QED) is 0.783. The van der Waals surface area contributed by atoms with Crippen LogP contribution in [0.15, 0.2) is 24.8 Å². The van der Waals surface area contributed by atoms with Crippen molar-refractivity contribution >= 4 is 0 Å².